The summed E-state index contributed by atoms with van der Waals surface area (Å²) >= 11 is 2.69. The number of amides is 2. The maximum Gasteiger partial charge on any atom is 0.348 e. The van der Waals surface area contributed by atoms with Crippen molar-refractivity contribution in [2.75, 3.05) is 25.7 Å². The molecule has 1 N–H and O–H groups in total. The Morgan fingerprint density at radius 3 is 2.14 bits per heavy atom. The average molecular weight is 336 g/mol. The highest BCUT2D eigenvalue weighted by atomic mass is 32.2. The molecule has 7 heteroatoms. The van der Waals surface area contributed by atoms with E-state index < -0.39 is 0 Å². The van der Waals surface area contributed by atoms with Gasteiger partial charge in [0.1, 0.15) is 0 Å². The summed E-state index contributed by atoms with van der Waals surface area (Å²) in [7, 11) is 0. The molecule has 0 saturated carbocycles. The zero-order valence-corrected chi connectivity index (χ0v) is 15.3. The van der Waals surface area contributed by atoms with E-state index >= 15 is 0 Å². The lowest BCUT2D eigenvalue weighted by atomic mass is 10.1. The molecule has 0 aromatic carbocycles. The van der Waals surface area contributed by atoms with Crippen LogP contribution in [0.2, 0.25) is 0 Å². The first-order chi connectivity index (χ1) is 10.1. The lowest BCUT2D eigenvalue weighted by Gasteiger charge is -2.27. The third-order valence-corrected chi connectivity index (χ3v) is 4.85. The first-order valence-corrected chi connectivity index (χ1v) is 9.89. The minimum absolute atomic E-state index is 0.0517. The zero-order valence-electron chi connectivity index (χ0n) is 13.7. The molecule has 0 radical (unpaired) electrons. The summed E-state index contributed by atoms with van der Waals surface area (Å²) in [6.07, 6.45) is 10.6. The molecular weight excluding hydrogens is 306 g/mol. The van der Waals surface area contributed by atoms with Gasteiger partial charge in [-0.05, 0) is 37.2 Å². The van der Waals surface area contributed by atoms with Gasteiger partial charge in [-0.15, -0.1) is 0 Å². The van der Waals surface area contributed by atoms with Gasteiger partial charge in [0.2, 0.25) is 0 Å². The van der Waals surface area contributed by atoms with Crippen molar-refractivity contribution in [3.8, 4) is 0 Å². The second-order valence-electron chi connectivity index (χ2n) is 4.56. The number of rotatable bonds is 10. The van der Waals surface area contributed by atoms with Gasteiger partial charge in [0.25, 0.3) is 6.02 Å². The number of nitrogens with zero attached hydrogens (tertiary/aromatic N) is 2. The Kier molecular flexibility index (Phi) is 12.8. The monoisotopic (exact) mass is 335 g/mol. The second-order valence-corrected chi connectivity index (χ2v) is 6.25. The highest BCUT2D eigenvalue weighted by molar-refractivity contribution is 8.12. The molecule has 5 nitrogen and oxygen atoms in total. The molecule has 2 amide bonds. The van der Waals surface area contributed by atoms with E-state index in [1.54, 1.807) is 3.71 Å². The lowest BCUT2D eigenvalue weighted by molar-refractivity contribution is 0.196. The van der Waals surface area contributed by atoms with Crippen LogP contribution in [0, 0.1) is 5.41 Å². The second kappa shape index (κ2) is 13.1. The topological polar surface area (TPSA) is 56.6 Å². The van der Waals surface area contributed by atoms with E-state index in [0.717, 1.165) is 12.8 Å². The van der Waals surface area contributed by atoms with E-state index in [1.165, 1.54) is 54.5 Å². The van der Waals surface area contributed by atoms with Gasteiger partial charge in [0, 0.05) is 19.1 Å². The Morgan fingerprint density at radius 2 is 1.62 bits per heavy atom. The van der Waals surface area contributed by atoms with Crippen LogP contribution < -0.4 is 0 Å². The predicted octanol–water partition coefficient (Wildman–Crippen LogP) is 4.60. The molecule has 0 saturated heterocycles. The first-order valence-electron chi connectivity index (χ1n) is 7.53. The van der Waals surface area contributed by atoms with Crippen molar-refractivity contribution in [3.05, 3.63) is 0 Å². The van der Waals surface area contributed by atoms with Crippen LogP contribution >= 0.6 is 23.9 Å². The normalized spacial score (nSPS) is 10.3. The highest BCUT2D eigenvalue weighted by Gasteiger charge is 2.24. The van der Waals surface area contributed by atoms with Crippen LogP contribution in [-0.2, 0) is 4.74 Å². The Balaban J connectivity index is 4.39. The molecule has 0 heterocycles. The lowest BCUT2D eigenvalue weighted by Crippen LogP contribution is -2.42. The van der Waals surface area contributed by atoms with Gasteiger partial charge in [-0.1, -0.05) is 39.0 Å². The summed E-state index contributed by atoms with van der Waals surface area (Å²) in [5.74, 6) is 0. The van der Waals surface area contributed by atoms with Gasteiger partial charge < -0.3 is 4.74 Å². The molecule has 0 rings (SSSR count). The van der Waals surface area contributed by atoms with Crippen molar-refractivity contribution in [3.63, 3.8) is 0 Å². The SMILES string of the molecule is CCCCCCCCN(C(=N)OCC)C(=O)N(SC)SC. The van der Waals surface area contributed by atoms with Gasteiger partial charge in [-0.3, -0.25) is 5.41 Å². The fourth-order valence-electron chi connectivity index (χ4n) is 1.88. The largest absolute Gasteiger partial charge is 0.465 e. The summed E-state index contributed by atoms with van der Waals surface area (Å²) in [6, 6.07) is -0.244. The maximum atomic E-state index is 12.4. The molecule has 0 unspecified atom stereocenters. The Morgan fingerprint density at radius 1 is 1.05 bits per heavy atom. The molecule has 0 aliphatic heterocycles. The van der Waals surface area contributed by atoms with Gasteiger partial charge in [-0.25, -0.2) is 13.4 Å². The number of urea groups is 1. The molecule has 0 bridgehead atoms. The zero-order chi connectivity index (χ0) is 16.1. The van der Waals surface area contributed by atoms with Crippen molar-refractivity contribution in [2.24, 2.45) is 0 Å². The molecule has 0 aromatic heterocycles. The summed E-state index contributed by atoms with van der Waals surface area (Å²) in [6.45, 7) is 4.96. The molecular formula is C14H29N3O2S2. The van der Waals surface area contributed by atoms with Crippen LogP contribution in [0.25, 0.3) is 0 Å². The number of unbranched alkanes of at least 4 members (excludes halogenated alkanes) is 5. The molecule has 0 aromatic rings. The van der Waals surface area contributed by atoms with Gasteiger partial charge >= 0.3 is 6.03 Å². The van der Waals surface area contributed by atoms with E-state index in [-0.39, 0.29) is 12.1 Å². The summed E-state index contributed by atoms with van der Waals surface area (Å²) in [5, 5.41) is 7.90. The standard InChI is InChI=1S/C14H29N3O2S2/c1-5-7-8-9-10-11-12-16(13(15)19-6-2)14(18)17(20-3)21-4/h15H,5-12H2,1-4H3. The number of hydrogen-bond acceptors (Lipinski definition) is 5. The summed E-state index contributed by atoms with van der Waals surface area (Å²) in [4.78, 5) is 13.8. The fourth-order valence-corrected chi connectivity index (χ4v) is 2.98. The van der Waals surface area contributed by atoms with Crippen LogP contribution in [0.4, 0.5) is 4.79 Å². The first kappa shape index (κ1) is 20.4. The fraction of sp³-hybridized carbons (Fsp3) is 0.857. The highest BCUT2D eigenvalue weighted by Crippen LogP contribution is 2.20. The van der Waals surface area contributed by atoms with Crippen molar-refractivity contribution in [1.29, 1.82) is 5.41 Å². The summed E-state index contributed by atoms with van der Waals surface area (Å²) in [5.41, 5.74) is 0. The van der Waals surface area contributed by atoms with Crippen molar-refractivity contribution in [2.45, 2.75) is 52.4 Å². The van der Waals surface area contributed by atoms with E-state index in [2.05, 4.69) is 6.92 Å². The van der Waals surface area contributed by atoms with Crippen LogP contribution in [0.3, 0.4) is 0 Å². The van der Waals surface area contributed by atoms with Crippen molar-refractivity contribution in [1.82, 2.24) is 8.61 Å². The number of hydrogen-bond donors (Lipinski definition) is 1. The number of amidine groups is 1. The van der Waals surface area contributed by atoms with E-state index in [4.69, 9.17) is 10.1 Å². The minimum atomic E-state index is -0.193. The van der Waals surface area contributed by atoms with Crippen molar-refractivity contribution < 1.29 is 9.53 Å². The maximum absolute atomic E-state index is 12.4. The van der Waals surface area contributed by atoms with Crippen LogP contribution in [-0.4, -0.2) is 46.3 Å². The molecule has 21 heavy (non-hydrogen) atoms. The van der Waals surface area contributed by atoms with E-state index in [1.807, 2.05) is 19.4 Å². The smallest absolute Gasteiger partial charge is 0.348 e. The molecule has 0 fully saturated rings. The van der Waals surface area contributed by atoms with Gasteiger partial charge in [0.15, 0.2) is 0 Å². The number of nitrogens with one attached hydrogen (secondary N) is 1. The van der Waals surface area contributed by atoms with E-state index in [9.17, 15) is 4.79 Å². The Hall–Kier alpha value is -0.560. The number of carbonyl (C=O) groups is 1. The van der Waals surface area contributed by atoms with Crippen LogP contribution in [0.1, 0.15) is 52.4 Å². The third-order valence-electron chi connectivity index (χ3n) is 2.98. The molecule has 124 valence electrons. The molecule has 0 aliphatic rings. The van der Waals surface area contributed by atoms with Crippen LogP contribution in [0.15, 0.2) is 0 Å². The van der Waals surface area contributed by atoms with Gasteiger partial charge in [0.05, 0.1) is 6.61 Å². The third kappa shape index (κ3) is 8.46. The number of carbonyl (C=O) groups excluding carboxylic acids is 1. The van der Waals surface area contributed by atoms with Crippen molar-refractivity contribution >= 4 is 35.9 Å². The minimum Gasteiger partial charge on any atom is -0.465 e. The van der Waals surface area contributed by atoms with Crippen LogP contribution in [0.5, 0.6) is 0 Å². The van der Waals surface area contributed by atoms with Gasteiger partial charge in [-0.2, -0.15) is 0 Å². The molecule has 0 atom stereocenters. The average Bonchev–Trinajstić information content (AvgIpc) is 2.47. The molecule has 0 aliphatic carbocycles. The van der Waals surface area contributed by atoms with E-state index in [0.29, 0.717) is 13.2 Å². The predicted molar refractivity (Wildman–Crippen MR) is 93.7 cm³/mol. The Bertz CT molecular complexity index is 300. The number of ether oxygens (including phenoxy) is 1. The Labute approximate surface area is 137 Å². The molecule has 0 spiro atoms. The summed E-state index contributed by atoms with van der Waals surface area (Å²) < 4.78 is 6.76. The quantitative estimate of drug-likeness (QED) is 0.274.